The van der Waals surface area contributed by atoms with Crippen LogP contribution in [0.3, 0.4) is 0 Å². The van der Waals surface area contributed by atoms with Crippen molar-refractivity contribution in [1.82, 2.24) is 4.90 Å². The van der Waals surface area contributed by atoms with Gasteiger partial charge in [0, 0.05) is 24.4 Å². The van der Waals surface area contributed by atoms with E-state index < -0.39 is 15.9 Å². The minimum absolute atomic E-state index is 0.0990. The van der Waals surface area contributed by atoms with E-state index in [1.54, 1.807) is 12.1 Å². The molecule has 0 fully saturated rings. The summed E-state index contributed by atoms with van der Waals surface area (Å²) in [5.74, 6) is 0.142. The maximum atomic E-state index is 13.9. The van der Waals surface area contributed by atoms with E-state index in [9.17, 15) is 12.8 Å². The summed E-state index contributed by atoms with van der Waals surface area (Å²) >= 11 is 0. The molecule has 7 heteroatoms. The van der Waals surface area contributed by atoms with Gasteiger partial charge in [0.15, 0.2) is 0 Å². The molecule has 0 saturated heterocycles. The summed E-state index contributed by atoms with van der Waals surface area (Å²) in [6.45, 7) is 1.01. The third-order valence-corrected chi connectivity index (χ3v) is 4.19. The van der Waals surface area contributed by atoms with Gasteiger partial charge in [0.25, 0.3) is 0 Å². The summed E-state index contributed by atoms with van der Waals surface area (Å²) in [7, 11) is 0.311. The molecule has 0 heterocycles. The summed E-state index contributed by atoms with van der Waals surface area (Å²) in [5.41, 5.74) is 6.40. The van der Waals surface area contributed by atoms with Gasteiger partial charge in [-0.25, -0.2) is 12.8 Å². The Bertz CT molecular complexity index is 563. The highest BCUT2D eigenvalue weighted by Gasteiger charge is 2.17. The molecule has 21 heavy (non-hydrogen) atoms. The Balaban J connectivity index is 2.60. The quantitative estimate of drug-likeness (QED) is 0.780. The molecule has 1 rings (SSSR count). The molecule has 0 aliphatic carbocycles. The van der Waals surface area contributed by atoms with Gasteiger partial charge < -0.3 is 15.4 Å². The maximum Gasteiger partial charge on any atom is 0.148 e. The molecule has 1 aromatic carbocycles. The first-order valence-electron chi connectivity index (χ1n) is 6.69. The lowest BCUT2D eigenvalue weighted by Gasteiger charge is -2.20. The average Bonchev–Trinajstić information content (AvgIpc) is 2.41. The van der Waals surface area contributed by atoms with Gasteiger partial charge in [0.2, 0.25) is 0 Å². The lowest BCUT2D eigenvalue weighted by molar-refractivity contribution is 0.330. The zero-order valence-corrected chi connectivity index (χ0v) is 13.5. The van der Waals surface area contributed by atoms with Gasteiger partial charge in [-0.2, -0.15) is 0 Å². The fourth-order valence-electron chi connectivity index (χ4n) is 1.99. The third kappa shape index (κ3) is 5.99. The summed E-state index contributed by atoms with van der Waals surface area (Å²) in [4.78, 5) is 1.87. The van der Waals surface area contributed by atoms with Crippen molar-refractivity contribution >= 4 is 9.84 Å². The van der Waals surface area contributed by atoms with Crippen molar-refractivity contribution in [3.63, 3.8) is 0 Å². The Morgan fingerprint density at radius 3 is 2.62 bits per heavy atom. The maximum absolute atomic E-state index is 13.9. The van der Waals surface area contributed by atoms with Crippen LogP contribution in [0.4, 0.5) is 4.39 Å². The topological polar surface area (TPSA) is 72.6 Å². The van der Waals surface area contributed by atoms with Crippen LogP contribution in [0.1, 0.15) is 18.0 Å². The third-order valence-electron chi connectivity index (χ3n) is 3.27. The molecule has 0 radical (unpaired) electrons. The molecule has 2 N–H and O–H groups in total. The molecule has 1 unspecified atom stereocenters. The van der Waals surface area contributed by atoms with Crippen LogP contribution in [0.15, 0.2) is 18.2 Å². The van der Waals surface area contributed by atoms with E-state index >= 15 is 0 Å². The molecule has 120 valence electrons. The molecule has 0 aliphatic heterocycles. The largest absolute Gasteiger partial charge is 0.496 e. The second-order valence-corrected chi connectivity index (χ2v) is 7.44. The highest BCUT2D eigenvalue weighted by atomic mass is 32.2. The van der Waals surface area contributed by atoms with Crippen molar-refractivity contribution in [2.75, 3.05) is 39.3 Å². The molecule has 1 aromatic rings. The fourth-order valence-corrected chi connectivity index (χ4v) is 2.64. The molecule has 0 saturated carbocycles. The van der Waals surface area contributed by atoms with E-state index in [4.69, 9.17) is 10.5 Å². The van der Waals surface area contributed by atoms with Gasteiger partial charge in [-0.3, -0.25) is 0 Å². The van der Waals surface area contributed by atoms with Crippen LogP contribution in [0.5, 0.6) is 5.75 Å². The van der Waals surface area contributed by atoms with Gasteiger partial charge in [-0.15, -0.1) is 0 Å². The Morgan fingerprint density at radius 1 is 1.38 bits per heavy atom. The summed E-state index contributed by atoms with van der Waals surface area (Å²) in [5, 5.41) is 0. The van der Waals surface area contributed by atoms with Crippen LogP contribution in [0.25, 0.3) is 0 Å². The van der Waals surface area contributed by atoms with Crippen LogP contribution >= 0.6 is 0 Å². The van der Waals surface area contributed by atoms with Crippen molar-refractivity contribution in [3.8, 4) is 5.75 Å². The van der Waals surface area contributed by atoms with E-state index in [1.165, 1.54) is 19.4 Å². The number of methoxy groups -OCH3 is 1. The van der Waals surface area contributed by atoms with Crippen molar-refractivity contribution in [2.45, 2.75) is 12.5 Å². The van der Waals surface area contributed by atoms with Gasteiger partial charge in [0.1, 0.15) is 21.4 Å². The molecule has 0 bridgehead atoms. The number of halogens is 1. The van der Waals surface area contributed by atoms with Gasteiger partial charge >= 0.3 is 0 Å². The van der Waals surface area contributed by atoms with Crippen LogP contribution in [-0.2, 0) is 9.84 Å². The first-order chi connectivity index (χ1) is 9.74. The van der Waals surface area contributed by atoms with Crippen LogP contribution in [-0.4, -0.2) is 52.6 Å². The number of nitrogens with zero attached hydrogens (tertiary/aromatic N) is 1. The number of sulfone groups is 1. The Kier molecular flexibility index (Phi) is 6.57. The molecule has 0 spiro atoms. The lowest BCUT2D eigenvalue weighted by atomic mass is 10.0. The van der Waals surface area contributed by atoms with Crippen molar-refractivity contribution < 1.29 is 17.5 Å². The predicted octanol–water partition coefficient (Wildman–Crippen LogP) is 1.20. The molecular weight excluding hydrogens is 295 g/mol. The van der Waals surface area contributed by atoms with Crippen LogP contribution in [0.2, 0.25) is 0 Å². The van der Waals surface area contributed by atoms with Gasteiger partial charge in [0.05, 0.1) is 12.9 Å². The lowest BCUT2D eigenvalue weighted by Crippen LogP contribution is -2.28. The monoisotopic (exact) mass is 318 g/mol. The van der Waals surface area contributed by atoms with Crippen molar-refractivity contribution in [3.05, 3.63) is 29.6 Å². The number of hydrogen-bond acceptors (Lipinski definition) is 5. The standard InChI is InChI=1S/C14H23FN2O3S/c1-17(9-10-21(3,18)19)8-7-12(16)14-11(15)5-4-6-13(14)20-2/h4-6,12H,7-10,16H2,1-3H3. The van der Waals surface area contributed by atoms with E-state index in [0.717, 1.165) is 0 Å². The number of ether oxygens (including phenoxy) is 1. The first-order valence-corrected chi connectivity index (χ1v) is 8.75. The molecule has 0 aromatic heterocycles. The zero-order valence-electron chi connectivity index (χ0n) is 12.7. The second kappa shape index (κ2) is 7.72. The second-order valence-electron chi connectivity index (χ2n) is 5.18. The predicted molar refractivity (Wildman–Crippen MR) is 81.7 cm³/mol. The molecule has 5 nitrogen and oxygen atoms in total. The normalized spacial score (nSPS) is 13.4. The zero-order chi connectivity index (χ0) is 16.0. The fraction of sp³-hybridized carbons (Fsp3) is 0.571. The molecule has 0 amide bonds. The van der Waals surface area contributed by atoms with Crippen molar-refractivity contribution in [2.24, 2.45) is 5.73 Å². The summed E-state index contributed by atoms with van der Waals surface area (Å²) in [6.07, 6.45) is 1.72. The van der Waals surface area contributed by atoms with Crippen LogP contribution in [0, 0.1) is 5.82 Å². The minimum atomic E-state index is -2.98. The first kappa shape index (κ1) is 17.9. The highest BCUT2D eigenvalue weighted by Crippen LogP contribution is 2.28. The van der Waals surface area contributed by atoms with E-state index in [2.05, 4.69) is 0 Å². The van der Waals surface area contributed by atoms with Crippen molar-refractivity contribution in [1.29, 1.82) is 0 Å². The number of rotatable bonds is 8. The van der Waals surface area contributed by atoms with E-state index in [0.29, 0.717) is 30.8 Å². The van der Waals surface area contributed by atoms with Gasteiger partial charge in [-0.05, 0) is 32.1 Å². The SMILES string of the molecule is COc1cccc(F)c1C(N)CCN(C)CCS(C)(=O)=O. The smallest absolute Gasteiger partial charge is 0.148 e. The number of benzene rings is 1. The molecule has 0 aliphatic rings. The molecular formula is C14H23FN2O3S. The summed E-state index contributed by atoms with van der Waals surface area (Å²) < 4.78 is 41.2. The number of nitrogens with two attached hydrogens (primary N) is 1. The molecule has 1 atom stereocenters. The average molecular weight is 318 g/mol. The minimum Gasteiger partial charge on any atom is -0.496 e. The van der Waals surface area contributed by atoms with Crippen LogP contribution < -0.4 is 10.5 Å². The summed E-state index contributed by atoms with van der Waals surface area (Å²) in [6, 6.07) is 4.10. The number of hydrogen-bond donors (Lipinski definition) is 1. The van der Waals surface area contributed by atoms with E-state index in [1.807, 2.05) is 11.9 Å². The Labute approximate surface area is 125 Å². The Hall–Kier alpha value is -1.18. The highest BCUT2D eigenvalue weighted by molar-refractivity contribution is 7.90. The van der Waals surface area contributed by atoms with E-state index in [-0.39, 0.29) is 11.6 Å². The Morgan fingerprint density at radius 2 is 2.05 bits per heavy atom. The van der Waals surface area contributed by atoms with Gasteiger partial charge in [-0.1, -0.05) is 6.07 Å².